The van der Waals surface area contributed by atoms with E-state index in [1.807, 2.05) is 50.2 Å². The number of nitrogens with two attached hydrogens (primary N) is 1. The first-order valence-corrected chi connectivity index (χ1v) is 10.5. The molecule has 3 heterocycles. The van der Waals surface area contributed by atoms with Gasteiger partial charge >= 0.3 is 0 Å². The Hall–Kier alpha value is -3.48. The van der Waals surface area contributed by atoms with Gasteiger partial charge in [-0.25, -0.2) is 0 Å². The van der Waals surface area contributed by atoms with Crippen LogP contribution in [0.5, 0.6) is 0 Å². The lowest BCUT2D eigenvalue weighted by atomic mass is 9.78. The second-order valence-electron chi connectivity index (χ2n) is 8.55. The van der Waals surface area contributed by atoms with E-state index in [0.29, 0.717) is 25.1 Å². The molecule has 160 valence electrons. The maximum Gasteiger partial charge on any atom is 0.274 e. The van der Waals surface area contributed by atoms with Crippen LogP contribution in [0.3, 0.4) is 0 Å². The van der Waals surface area contributed by atoms with Gasteiger partial charge in [-0.05, 0) is 53.6 Å². The Kier molecular flexibility index (Phi) is 5.59. The molecule has 0 saturated carbocycles. The third-order valence-corrected chi connectivity index (χ3v) is 6.14. The van der Waals surface area contributed by atoms with Gasteiger partial charge in [0, 0.05) is 31.2 Å². The van der Waals surface area contributed by atoms with Crippen LogP contribution in [0.4, 0.5) is 0 Å². The fourth-order valence-corrected chi connectivity index (χ4v) is 4.23. The van der Waals surface area contributed by atoms with Gasteiger partial charge < -0.3 is 10.6 Å². The van der Waals surface area contributed by atoms with Crippen LogP contribution in [0.25, 0.3) is 11.1 Å². The lowest BCUT2D eigenvalue weighted by Gasteiger charge is -2.27. The number of likely N-dealkylation sites (tertiary alicyclic amines) is 1. The summed E-state index contributed by atoms with van der Waals surface area (Å²) in [6.45, 7) is 4.84. The van der Waals surface area contributed by atoms with Crippen molar-refractivity contribution in [2.24, 2.45) is 11.1 Å². The van der Waals surface area contributed by atoms with Gasteiger partial charge in [-0.1, -0.05) is 38.1 Å². The molecule has 2 amide bonds. The molecule has 0 aliphatic carbocycles. The van der Waals surface area contributed by atoms with Crippen LogP contribution in [0.15, 0.2) is 54.9 Å². The topological polar surface area (TPSA) is 105 Å². The number of pyridine rings is 1. The highest BCUT2D eigenvalue weighted by Gasteiger charge is 2.45. The number of hydrogen-bond acceptors (Lipinski definition) is 4. The molecule has 3 aromatic rings. The molecular weight excluding hydrogens is 390 g/mol. The smallest absolute Gasteiger partial charge is 0.274 e. The standard InChI is InChI=1S/C24H27N5O2/c1-16(2)20-13-21(28-27-20)22(30)29-12-9-24(15-29,23(25)31)14-18-5-3-4-6-19(18)17-7-10-26-11-8-17/h3-8,10-11,13,16H,9,12,14-15H2,1-2H3,(H2,25,31)(H,27,28)/t24-/m1/s1. The number of hydrogen-bond donors (Lipinski definition) is 2. The van der Waals surface area contributed by atoms with Gasteiger partial charge in [0.15, 0.2) is 0 Å². The molecule has 0 unspecified atom stereocenters. The maximum atomic E-state index is 13.0. The van der Waals surface area contributed by atoms with E-state index in [9.17, 15) is 9.59 Å². The summed E-state index contributed by atoms with van der Waals surface area (Å²) in [5.41, 5.74) is 9.50. The number of nitrogens with one attached hydrogen (secondary N) is 1. The van der Waals surface area contributed by atoms with Gasteiger partial charge in [0.05, 0.1) is 5.41 Å². The van der Waals surface area contributed by atoms with E-state index in [0.717, 1.165) is 22.4 Å². The minimum absolute atomic E-state index is 0.173. The van der Waals surface area contributed by atoms with Crippen LogP contribution < -0.4 is 5.73 Å². The van der Waals surface area contributed by atoms with Crippen LogP contribution in [0.1, 0.15) is 47.9 Å². The predicted molar refractivity (Wildman–Crippen MR) is 118 cm³/mol. The summed E-state index contributed by atoms with van der Waals surface area (Å²) in [4.78, 5) is 31.4. The highest BCUT2D eigenvalue weighted by molar-refractivity contribution is 5.94. The van der Waals surface area contributed by atoms with Crippen LogP contribution >= 0.6 is 0 Å². The molecule has 1 aromatic carbocycles. The second-order valence-corrected chi connectivity index (χ2v) is 8.55. The number of benzene rings is 1. The SMILES string of the molecule is CC(C)c1cc(C(=O)N2CC[C@](Cc3ccccc3-c3ccncc3)(C(N)=O)C2)n[nH]1. The summed E-state index contributed by atoms with van der Waals surface area (Å²) in [6, 6.07) is 13.7. The first-order valence-electron chi connectivity index (χ1n) is 10.5. The minimum Gasteiger partial charge on any atom is -0.369 e. The average Bonchev–Trinajstić information content (AvgIpc) is 3.43. The Labute approximate surface area is 181 Å². The lowest BCUT2D eigenvalue weighted by molar-refractivity contribution is -0.126. The molecule has 1 aliphatic heterocycles. The largest absolute Gasteiger partial charge is 0.369 e. The van der Waals surface area contributed by atoms with Gasteiger partial charge in [-0.15, -0.1) is 0 Å². The van der Waals surface area contributed by atoms with Crippen molar-refractivity contribution in [3.63, 3.8) is 0 Å². The van der Waals surface area contributed by atoms with Crippen molar-refractivity contribution in [1.29, 1.82) is 0 Å². The van der Waals surface area contributed by atoms with E-state index in [2.05, 4.69) is 15.2 Å². The minimum atomic E-state index is -0.810. The Morgan fingerprint density at radius 1 is 1.19 bits per heavy atom. The monoisotopic (exact) mass is 417 g/mol. The van der Waals surface area contributed by atoms with E-state index >= 15 is 0 Å². The summed E-state index contributed by atoms with van der Waals surface area (Å²) in [6.07, 6.45) is 4.51. The van der Waals surface area contributed by atoms with Gasteiger partial charge in [0.25, 0.3) is 5.91 Å². The summed E-state index contributed by atoms with van der Waals surface area (Å²) in [7, 11) is 0. The molecule has 0 bridgehead atoms. The van der Waals surface area contributed by atoms with Crippen LogP contribution in [-0.4, -0.2) is 45.0 Å². The molecule has 7 heteroatoms. The second kappa shape index (κ2) is 8.34. The molecule has 31 heavy (non-hydrogen) atoms. The van der Waals surface area contributed by atoms with Gasteiger partial charge in [-0.2, -0.15) is 5.10 Å². The number of aromatic nitrogens is 3. The van der Waals surface area contributed by atoms with Crippen molar-refractivity contribution >= 4 is 11.8 Å². The first kappa shape index (κ1) is 20.8. The van der Waals surface area contributed by atoms with Gasteiger partial charge in [-0.3, -0.25) is 19.7 Å². The summed E-state index contributed by atoms with van der Waals surface area (Å²) in [5, 5.41) is 7.10. The Morgan fingerprint density at radius 2 is 1.94 bits per heavy atom. The quantitative estimate of drug-likeness (QED) is 0.643. The van der Waals surface area contributed by atoms with Crippen LogP contribution in [0, 0.1) is 5.41 Å². The Balaban J connectivity index is 1.59. The van der Waals surface area contributed by atoms with Crippen molar-refractivity contribution in [3.05, 3.63) is 71.8 Å². The van der Waals surface area contributed by atoms with E-state index in [1.54, 1.807) is 23.4 Å². The molecule has 1 saturated heterocycles. The number of rotatable bonds is 6. The van der Waals surface area contributed by atoms with E-state index in [1.165, 1.54) is 0 Å². The molecule has 2 aromatic heterocycles. The molecule has 0 radical (unpaired) electrons. The van der Waals surface area contributed by atoms with E-state index < -0.39 is 5.41 Å². The zero-order valence-corrected chi connectivity index (χ0v) is 17.8. The number of carbonyl (C=O) groups excluding carboxylic acids is 2. The normalized spacial score (nSPS) is 18.5. The van der Waals surface area contributed by atoms with Crippen molar-refractivity contribution in [1.82, 2.24) is 20.1 Å². The predicted octanol–water partition coefficient (Wildman–Crippen LogP) is 3.16. The summed E-state index contributed by atoms with van der Waals surface area (Å²) in [5.74, 6) is -0.298. The average molecular weight is 418 g/mol. The van der Waals surface area contributed by atoms with Gasteiger partial charge in [0.2, 0.25) is 5.91 Å². The fourth-order valence-electron chi connectivity index (χ4n) is 4.23. The van der Waals surface area contributed by atoms with Crippen LogP contribution in [0.2, 0.25) is 0 Å². The van der Waals surface area contributed by atoms with Crippen molar-refractivity contribution in [2.75, 3.05) is 13.1 Å². The molecule has 0 spiro atoms. The summed E-state index contributed by atoms with van der Waals surface area (Å²) >= 11 is 0. The van der Waals surface area contributed by atoms with E-state index in [4.69, 9.17) is 5.73 Å². The fraction of sp³-hybridized carbons (Fsp3) is 0.333. The number of amides is 2. The molecule has 1 fully saturated rings. The zero-order chi connectivity index (χ0) is 22.0. The van der Waals surface area contributed by atoms with Gasteiger partial charge in [0.1, 0.15) is 5.69 Å². The third-order valence-electron chi connectivity index (χ3n) is 6.14. The highest BCUT2D eigenvalue weighted by Crippen LogP contribution is 2.37. The summed E-state index contributed by atoms with van der Waals surface area (Å²) < 4.78 is 0. The maximum absolute atomic E-state index is 13.0. The molecule has 4 rings (SSSR count). The van der Waals surface area contributed by atoms with E-state index in [-0.39, 0.29) is 24.3 Å². The number of H-pyrrole nitrogens is 1. The number of carbonyl (C=O) groups is 2. The Bertz CT molecular complexity index is 1090. The molecule has 3 N–H and O–H groups in total. The number of aromatic amines is 1. The Morgan fingerprint density at radius 3 is 2.61 bits per heavy atom. The zero-order valence-electron chi connectivity index (χ0n) is 17.8. The number of primary amides is 1. The molecule has 7 nitrogen and oxygen atoms in total. The molecule has 1 aliphatic rings. The third kappa shape index (κ3) is 4.08. The highest BCUT2D eigenvalue weighted by atomic mass is 16.2. The molecule has 1 atom stereocenters. The number of nitrogens with zero attached hydrogens (tertiary/aromatic N) is 3. The van der Waals surface area contributed by atoms with Crippen molar-refractivity contribution < 1.29 is 9.59 Å². The molecular formula is C24H27N5O2. The first-order chi connectivity index (χ1) is 14.9. The lowest BCUT2D eigenvalue weighted by Crippen LogP contribution is -2.42. The van der Waals surface area contributed by atoms with Crippen molar-refractivity contribution in [2.45, 2.75) is 32.6 Å². The van der Waals surface area contributed by atoms with Crippen molar-refractivity contribution in [3.8, 4) is 11.1 Å². The van der Waals surface area contributed by atoms with Crippen LogP contribution in [-0.2, 0) is 11.2 Å².